The highest BCUT2D eigenvalue weighted by atomic mass is 28.3. The van der Waals surface area contributed by atoms with Gasteiger partial charge < -0.3 is 9.38 Å². The molecule has 9 rings (SSSR count). The zero-order valence-corrected chi connectivity index (χ0v) is 28.3. The van der Waals surface area contributed by atoms with Gasteiger partial charge in [0.15, 0.2) is 0 Å². The van der Waals surface area contributed by atoms with Crippen LogP contribution in [0.4, 0.5) is 11.4 Å². The molecule has 0 aliphatic carbocycles. The summed E-state index contributed by atoms with van der Waals surface area (Å²) in [7, 11) is -3.97. The summed E-state index contributed by atoms with van der Waals surface area (Å²) in [5.41, 5.74) is 9.39. The average Bonchev–Trinajstić information content (AvgIpc) is 3.41. The van der Waals surface area contributed by atoms with Crippen molar-refractivity contribution >= 4 is 87.8 Å². The van der Waals surface area contributed by atoms with Crippen LogP contribution in [0.1, 0.15) is 0 Å². The topological polar surface area (TPSA) is 8.17 Å². The van der Waals surface area contributed by atoms with Crippen LogP contribution in [0.3, 0.4) is 0 Å². The number of para-hydroxylation sites is 3. The predicted octanol–water partition coefficient (Wildman–Crippen LogP) is 6.00. The van der Waals surface area contributed by atoms with Gasteiger partial charge in [0.05, 0.1) is 11.0 Å². The van der Waals surface area contributed by atoms with Crippen LogP contribution < -0.4 is 36.5 Å². The number of nitrogens with zero attached hydrogens (tertiary/aromatic N) is 2. The Kier molecular flexibility index (Phi) is 5.63. The van der Waals surface area contributed by atoms with Crippen molar-refractivity contribution in [1.82, 2.24) is 4.57 Å². The molecule has 0 unspecified atom stereocenters. The average molecular weight is 611 g/mol. The van der Waals surface area contributed by atoms with Gasteiger partial charge in [-0.1, -0.05) is 157 Å². The van der Waals surface area contributed by atoms with Crippen LogP contribution in [-0.2, 0) is 0 Å². The largest absolute Gasteiger partial charge is 0.377 e. The van der Waals surface area contributed by atoms with Crippen molar-refractivity contribution in [3.05, 3.63) is 140 Å². The molecular weight excluding hydrogens is 575 g/mol. The minimum Gasteiger partial charge on any atom is -0.377 e. The normalized spacial score (nSPS) is 15.8. The molecule has 0 spiro atoms. The van der Waals surface area contributed by atoms with Gasteiger partial charge in [-0.3, -0.25) is 0 Å². The van der Waals surface area contributed by atoms with Crippen molar-refractivity contribution in [2.75, 3.05) is 4.81 Å². The van der Waals surface area contributed by atoms with E-state index in [0.29, 0.717) is 0 Å². The smallest absolute Gasteiger partial charge is 0.327 e. The lowest BCUT2D eigenvalue weighted by Crippen LogP contribution is -2.78. The highest BCUT2D eigenvalue weighted by Gasteiger charge is 2.48. The molecule has 216 valence electrons. The molecule has 2 aliphatic heterocycles. The molecule has 0 fully saturated rings. The highest BCUT2D eigenvalue weighted by Crippen LogP contribution is 2.43. The van der Waals surface area contributed by atoms with E-state index in [9.17, 15) is 0 Å². The maximum atomic E-state index is 2.76. The van der Waals surface area contributed by atoms with Crippen LogP contribution >= 0.6 is 0 Å². The summed E-state index contributed by atoms with van der Waals surface area (Å²) >= 11 is 0. The fraction of sp³-hybridized carbons (Fsp3) is 0.100. The number of aromatic nitrogens is 1. The zero-order valence-electron chi connectivity index (χ0n) is 26.3. The molecule has 1 aromatic heterocycles. The maximum absolute atomic E-state index is 2.76. The molecule has 0 radical (unpaired) electrons. The third-order valence-electron chi connectivity index (χ3n) is 10.7. The minimum absolute atomic E-state index is 0.0763. The monoisotopic (exact) mass is 610 g/mol. The van der Waals surface area contributed by atoms with Crippen LogP contribution in [0.15, 0.2) is 140 Å². The molecule has 0 atom stereocenters. The van der Waals surface area contributed by atoms with Gasteiger partial charge in [-0.2, -0.15) is 0 Å². The van der Waals surface area contributed by atoms with Gasteiger partial charge >= 0.3 is 6.85 Å². The van der Waals surface area contributed by atoms with E-state index in [4.69, 9.17) is 0 Å². The van der Waals surface area contributed by atoms with E-state index >= 15 is 0 Å². The SMILES string of the molecule is C[Si]1(C)c2ccccc2B(N2c3ccccc3[Si](C)(C)c3ccc4c(c32)c2ccccc2n4-c2ccccc2)c2ccccc21. The standard InChI is InChI=1S/C40H35BN2Si2/c1-44(2)35-23-13-9-19-30(35)41(31-20-10-14-24-36(31)44)43-33-22-12-15-25-37(33)45(3,4)38-27-26-34-39(40(38)43)29-18-8-11-21-32(29)42(34)28-16-6-5-7-17-28/h5-27H,1-4H3. The summed E-state index contributed by atoms with van der Waals surface area (Å²) in [4.78, 5) is 2.76. The van der Waals surface area contributed by atoms with Gasteiger partial charge in [0, 0.05) is 27.8 Å². The summed E-state index contributed by atoms with van der Waals surface area (Å²) in [6.45, 7) is 10.2. The van der Waals surface area contributed by atoms with Crippen LogP contribution in [0.25, 0.3) is 27.5 Å². The van der Waals surface area contributed by atoms with E-state index in [0.717, 1.165) is 0 Å². The third kappa shape index (κ3) is 3.57. The van der Waals surface area contributed by atoms with Crippen LogP contribution in [0.2, 0.25) is 26.2 Å². The van der Waals surface area contributed by atoms with Crippen LogP contribution in [0.5, 0.6) is 0 Å². The molecule has 45 heavy (non-hydrogen) atoms. The lowest BCUT2D eigenvalue weighted by molar-refractivity contribution is 1.18. The molecular formula is C40H35BN2Si2. The van der Waals surface area contributed by atoms with Gasteiger partial charge in [0.25, 0.3) is 0 Å². The van der Waals surface area contributed by atoms with Gasteiger partial charge in [-0.25, -0.2) is 0 Å². The van der Waals surface area contributed by atoms with E-state index in [1.54, 1.807) is 10.4 Å². The molecule has 0 N–H and O–H groups in total. The summed E-state index contributed by atoms with van der Waals surface area (Å²) in [5.74, 6) is 0. The predicted molar refractivity (Wildman–Crippen MR) is 201 cm³/mol. The summed E-state index contributed by atoms with van der Waals surface area (Å²) in [6.07, 6.45) is 0. The Morgan fingerprint density at radius 1 is 0.467 bits per heavy atom. The van der Waals surface area contributed by atoms with Crippen molar-refractivity contribution in [2.24, 2.45) is 0 Å². The Balaban J connectivity index is 1.47. The maximum Gasteiger partial charge on any atom is 0.327 e. The molecule has 2 nitrogen and oxygen atoms in total. The van der Waals surface area contributed by atoms with E-state index in [1.807, 2.05) is 0 Å². The van der Waals surface area contributed by atoms with E-state index in [-0.39, 0.29) is 6.85 Å². The van der Waals surface area contributed by atoms with Gasteiger partial charge in [-0.15, -0.1) is 0 Å². The fourth-order valence-corrected chi connectivity index (χ4v) is 14.8. The second kappa shape index (κ2) is 9.46. The Hall–Kier alpha value is -4.58. The molecule has 0 amide bonds. The molecule has 0 saturated heterocycles. The third-order valence-corrected chi connectivity index (χ3v) is 17.8. The first-order chi connectivity index (χ1) is 21.9. The highest BCUT2D eigenvalue weighted by molar-refractivity contribution is 7.12. The van der Waals surface area contributed by atoms with E-state index < -0.39 is 16.1 Å². The molecule has 5 heteroatoms. The number of hydrogen-bond acceptors (Lipinski definition) is 1. The molecule has 7 aromatic rings. The second-order valence-electron chi connectivity index (χ2n) is 13.8. The lowest BCUT2D eigenvalue weighted by atomic mass is 9.48. The number of anilines is 2. The summed E-state index contributed by atoms with van der Waals surface area (Å²) in [6, 6.07) is 52.7. The number of hydrogen-bond donors (Lipinski definition) is 0. The fourth-order valence-electron chi connectivity index (χ4n) is 8.60. The number of rotatable bonds is 2. The van der Waals surface area contributed by atoms with Crippen LogP contribution in [-0.4, -0.2) is 27.6 Å². The van der Waals surface area contributed by atoms with Crippen molar-refractivity contribution < 1.29 is 0 Å². The first kappa shape index (κ1) is 26.8. The lowest BCUT2D eigenvalue weighted by Gasteiger charge is -2.47. The van der Waals surface area contributed by atoms with E-state index in [1.165, 1.54) is 60.2 Å². The quantitative estimate of drug-likeness (QED) is 0.218. The van der Waals surface area contributed by atoms with Gasteiger partial charge in [-0.05, 0) is 40.7 Å². The number of fused-ring (bicyclic) bond motifs is 8. The van der Waals surface area contributed by atoms with Crippen molar-refractivity contribution in [3.63, 3.8) is 0 Å². The Morgan fingerprint density at radius 2 is 1.02 bits per heavy atom. The molecule has 3 heterocycles. The number of benzene rings is 6. The van der Waals surface area contributed by atoms with Gasteiger partial charge in [0.1, 0.15) is 16.1 Å². The first-order valence-corrected chi connectivity index (χ1v) is 22.1. The minimum atomic E-state index is -2.07. The Labute approximate surface area is 267 Å². The summed E-state index contributed by atoms with van der Waals surface area (Å²) < 4.78 is 2.47. The second-order valence-corrected chi connectivity index (χ2v) is 22.4. The van der Waals surface area contributed by atoms with Crippen LogP contribution in [0, 0.1) is 0 Å². The molecule has 6 aromatic carbocycles. The van der Waals surface area contributed by atoms with Gasteiger partial charge in [0.2, 0.25) is 0 Å². The Bertz CT molecular complexity index is 2250. The van der Waals surface area contributed by atoms with Crippen molar-refractivity contribution in [1.29, 1.82) is 0 Å². The Morgan fingerprint density at radius 3 is 1.73 bits per heavy atom. The van der Waals surface area contributed by atoms with E-state index in [2.05, 4.69) is 175 Å². The zero-order chi connectivity index (χ0) is 30.5. The molecule has 0 bridgehead atoms. The van der Waals surface area contributed by atoms with Crippen molar-refractivity contribution in [2.45, 2.75) is 26.2 Å². The molecule has 2 aliphatic rings. The summed E-state index contributed by atoms with van der Waals surface area (Å²) in [5, 5.41) is 8.80. The first-order valence-electron chi connectivity index (χ1n) is 16.1. The molecule has 0 saturated carbocycles. The van der Waals surface area contributed by atoms with Crippen molar-refractivity contribution in [3.8, 4) is 5.69 Å².